The van der Waals surface area contributed by atoms with Gasteiger partial charge in [0.2, 0.25) is 5.91 Å². The normalized spacial score (nSPS) is 13.0. The van der Waals surface area contributed by atoms with Crippen LogP contribution in [0.15, 0.2) is 48.9 Å². The number of nitrogens with zero attached hydrogens (tertiary/aromatic N) is 3. The van der Waals surface area contributed by atoms with E-state index in [1.54, 1.807) is 24.1 Å². The molecule has 7 nitrogen and oxygen atoms in total. The lowest BCUT2D eigenvalue weighted by atomic mass is 10.1. The molecule has 0 radical (unpaired) electrons. The number of aromatic amines is 1. The number of rotatable bonds is 10. The molecular weight excluding hydrogens is 438 g/mol. The molecule has 2 heterocycles. The van der Waals surface area contributed by atoms with Crippen LogP contribution < -0.4 is 10.2 Å². The second kappa shape index (κ2) is 10.6. The van der Waals surface area contributed by atoms with E-state index >= 15 is 0 Å². The lowest BCUT2D eigenvalue weighted by Crippen LogP contribution is -2.30. The molecule has 0 bridgehead atoms. The highest BCUT2D eigenvalue weighted by Gasteiger charge is 2.27. The zero-order chi connectivity index (χ0) is 23.2. The Kier molecular flexibility index (Phi) is 7.40. The van der Waals surface area contributed by atoms with Crippen molar-refractivity contribution >= 4 is 29.1 Å². The Morgan fingerprint density at radius 1 is 1.18 bits per heavy atom. The summed E-state index contributed by atoms with van der Waals surface area (Å²) < 4.78 is 0. The molecule has 0 unspecified atom stereocenters. The zero-order valence-electron chi connectivity index (χ0n) is 18.7. The lowest BCUT2D eigenvalue weighted by molar-refractivity contribution is -0.116. The van der Waals surface area contributed by atoms with E-state index in [0.717, 1.165) is 49.0 Å². The van der Waals surface area contributed by atoms with E-state index < -0.39 is 0 Å². The zero-order valence-corrected chi connectivity index (χ0v) is 19.4. The first-order valence-corrected chi connectivity index (χ1v) is 11.7. The van der Waals surface area contributed by atoms with E-state index in [1.807, 2.05) is 36.7 Å². The molecule has 0 saturated heterocycles. The van der Waals surface area contributed by atoms with Gasteiger partial charge in [-0.25, -0.2) is 0 Å². The quantitative estimate of drug-likeness (QED) is 0.427. The van der Waals surface area contributed by atoms with Gasteiger partial charge in [0.1, 0.15) is 0 Å². The van der Waals surface area contributed by atoms with Crippen LogP contribution in [0.25, 0.3) is 11.3 Å². The van der Waals surface area contributed by atoms with Gasteiger partial charge in [-0.15, -0.1) is 0 Å². The fraction of sp³-hybridized carbons (Fsp3) is 0.360. The van der Waals surface area contributed by atoms with Gasteiger partial charge in [0, 0.05) is 38.0 Å². The third kappa shape index (κ3) is 6.20. The van der Waals surface area contributed by atoms with E-state index in [0.29, 0.717) is 29.6 Å². The first-order valence-electron chi connectivity index (χ1n) is 11.3. The Labute approximate surface area is 198 Å². The number of anilines is 1. The number of benzene rings is 1. The highest BCUT2D eigenvalue weighted by atomic mass is 35.5. The van der Waals surface area contributed by atoms with E-state index in [2.05, 4.69) is 20.5 Å². The molecule has 2 aromatic heterocycles. The van der Waals surface area contributed by atoms with Gasteiger partial charge in [0.15, 0.2) is 0 Å². The minimum atomic E-state index is -0.136. The summed E-state index contributed by atoms with van der Waals surface area (Å²) in [7, 11) is 0. The molecule has 2 N–H and O–H groups in total. The highest BCUT2D eigenvalue weighted by Crippen LogP contribution is 2.35. The summed E-state index contributed by atoms with van der Waals surface area (Å²) in [6, 6.07) is 9.17. The second-order valence-electron chi connectivity index (χ2n) is 8.49. The van der Waals surface area contributed by atoms with Gasteiger partial charge in [-0.05, 0) is 67.9 Å². The predicted octanol–water partition coefficient (Wildman–Crippen LogP) is 4.64. The predicted molar refractivity (Wildman–Crippen MR) is 129 cm³/mol. The molecule has 8 heteroatoms. The Hall–Kier alpha value is -3.19. The third-order valence-electron chi connectivity index (χ3n) is 5.81. The van der Waals surface area contributed by atoms with Gasteiger partial charge in [-0.1, -0.05) is 17.7 Å². The molecule has 1 saturated carbocycles. The van der Waals surface area contributed by atoms with Gasteiger partial charge in [-0.2, -0.15) is 5.10 Å². The summed E-state index contributed by atoms with van der Waals surface area (Å²) in [5, 5.41) is 10.2. The third-order valence-corrected chi connectivity index (χ3v) is 6.11. The molecule has 0 spiro atoms. The van der Waals surface area contributed by atoms with Crippen molar-refractivity contribution in [2.45, 2.75) is 39.0 Å². The summed E-state index contributed by atoms with van der Waals surface area (Å²) >= 11 is 6.53. The van der Waals surface area contributed by atoms with Crippen molar-refractivity contribution in [3.63, 3.8) is 0 Å². The van der Waals surface area contributed by atoms with E-state index in [9.17, 15) is 9.59 Å². The summed E-state index contributed by atoms with van der Waals surface area (Å²) in [5.74, 6) is 0.427. The second-order valence-corrected chi connectivity index (χ2v) is 8.90. The summed E-state index contributed by atoms with van der Waals surface area (Å²) in [4.78, 5) is 30.7. The molecule has 1 aliphatic rings. The smallest absolute Gasteiger partial charge is 0.252 e. The number of H-pyrrole nitrogens is 1. The van der Waals surface area contributed by atoms with Gasteiger partial charge in [0.05, 0.1) is 28.2 Å². The van der Waals surface area contributed by atoms with E-state index in [-0.39, 0.29) is 11.8 Å². The summed E-state index contributed by atoms with van der Waals surface area (Å²) in [5.41, 5.74) is 3.97. The van der Waals surface area contributed by atoms with E-state index in [4.69, 9.17) is 11.6 Å². The van der Waals surface area contributed by atoms with E-state index in [1.165, 1.54) is 5.56 Å². The average Bonchev–Trinajstić information content (AvgIpc) is 3.49. The van der Waals surface area contributed by atoms with Crippen LogP contribution in [0, 0.1) is 5.92 Å². The number of aromatic nitrogens is 3. The molecule has 1 fully saturated rings. The monoisotopic (exact) mass is 465 g/mol. The van der Waals surface area contributed by atoms with Crippen molar-refractivity contribution in [3.8, 4) is 11.3 Å². The number of halogens is 1. The molecule has 172 valence electrons. The summed E-state index contributed by atoms with van der Waals surface area (Å²) in [6.45, 7) is 2.89. The molecule has 3 aromatic rings. The van der Waals surface area contributed by atoms with Crippen molar-refractivity contribution in [2.24, 2.45) is 5.92 Å². The number of amides is 2. The van der Waals surface area contributed by atoms with Gasteiger partial charge >= 0.3 is 0 Å². The van der Waals surface area contributed by atoms with Crippen LogP contribution in [-0.2, 0) is 11.2 Å². The van der Waals surface area contributed by atoms with Crippen LogP contribution in [0.5, 0.6) is 0 Å². The van der Waals surface area contributed by atoms with Crippen LogP contribution in [0.3, 0.4) is 0 Å². The average molecular weight is 466 g/mol. The van der Waals surface area contributed by atoms with Crippen LogP contribution in [0.2, 0.25) is 5.02 Å². The maximum atomic E-state index is 12.4. The van der Waals surface area contributed by atoms with Crippen molar-refractivity contribution in [1.82, 2.24) is 20.5 Å². The van der Waals surface area contributed by atoms with Crippen molar-refractivity contribution in [2.75, 3.05) is 18.0 Å². The van der Waals surface area contributed by atoms with Gasteiger partial charge in [-0.3, -0.25) is 19.7 Å². The largest absolute Gasteiger partial charge is 0.352 e. The molecule has 0 atom stereocenters. The van der Waals surface area contributed by atoms with Crippen molar-refractivity contribution in [3.05, 3.63) is 65.1 Å². The number of hydrogen-bond donors (Lipinski definition) is 2. The maximum absolute atomic E-state index is 12.4. The minimum absolute atomic E-state index is 0.00785. The molecule has 4 rings (SSSR count). The lowest BCUT2D eigenvalue weighted by Gasteiger charge is -2.22. The van der Waals surface area contributed by atoms with Crippen molar-refractivity contribution < 1.29 is 9.59 Å². The SMILES string of the molecule is CC(=O)N(CC1CC1)c1ccc(-c2ccc(C(=O)NCCCCc3cn[nH]c3)cn2)cc1Cl. The summed E-state index contributed by atoms with van der Waals surface area (Å²) in [6.07, 6.45) is 10.4. The number of hydrogen-bond acceptors (Lipinski definition) is 4. The Bertz CT molecular complexity index is 1090. The standard InChI is InChI=1S/C25H28ClN5O2/c1-17(32)31(16-18-5-6-18)24-10-8-20(12-22(24)26)23-9-7-21(15-28-23)25(33)27-11-3-2-4-19-13-29-30-14-19/h7-10,12-15,18H,2-6,11,16H2,1H3,(H,27,33)(H,29,30). The number of aryl methyl sites for hydroxylation is 1. The fourth-order valence-electron chi connectivity index (χ4n) is 3.71. The van der Waals surface area contributed by atoms with Crippen LogP contribution in [-0.4, -0.2) is 40.1 Å². The topological polar surface area (TPSA) is 91.0 Å². The Balaban J connectivity index is 1.32. The molecule has 2 amide bonds. The number of unbranched alkanes of at least 4 members (excludes halogenated alkanes) is 1. The van der Waals surface area contributed by atoms with Gasteiger partial charge < -0.3 is 10.2 Å². The first kappa shape index (κ1) is 23.0. The van der Waals surface area contributed by atoms with Gasteiger partial charge in [0.25, 0.3) is 5.91 Å². The highest BCUT2D eigenvalue weighted by molar-refractivity contribution is 6.34. The molecule has 33 heavy (non-hydrogen) atoms. The molecular formula is C25H28ClN5O2. The number of carbonyl (C=O) groups excluding carboxylic acids is 2. The number of carbonyl (C=O) groups is 2. The Morgan fingerprint density at radius 3 is 2.67 bits per heavy atom. The molecule has 0 aliphatic heterocycles. The van der Waals surface area contributed by atoms with Crippen LogP contribution in [0.1, 0.15) is 48.5 Å². The molecule has 1 aromatic carbocycles. The maximum Gasteiger partial charge on any atom is 0.252 e. The minimum Gasteiger partial charge on any atom is -0.352 e. The number of pyridine rings is 1. The Morgan fingerprint density at radius 2 is 2.03 bits per heavy atom. The first-order chi connectivity index (χ1) is 16.0. The van der Waals surface area contributed by atoms with Crippen LogP contribution >= 0.6 is 11.6 Å². The molecule has 1 aliphatic carbocycles. The fourth-order valence-corrected chi connectivity index (χ4v) is 3.99. The number of nitrogens with one attached hydrogen (secondary N) is 2. The van der Waals surface area contributed by atoms with Crippen molar-refractivity contribution in [1.29, 1.82) is 0 Å². The van der Waals surface area contributed by atoms with Crippen LogP contribution in [0.4, 0.5) is 5.69 Å².